The summed E-state index contributed by atoms with van der Waals surface area (Å²) in [5.41, 5.74) is 1.41. The van der Waals surface area contributed by atoms with Gasteiger partial charge in [0.05, 0.1) is 0 Å². The van der Waals surface area contributed by atoms with Crippen LogP contribution >= 0.6 is 11.6 Å². The van der Waals surface area contributed by atoms with Crippen molar-refractivity contribution in [3.8, 4) is 17.1 Å². The Hall–Kier alpha value is -2.66. The van der Waals surface area contributed by atoms with Crippen molar-refractivity contribution in [3.05, 3.63) is 65.0 Å². The van der Waals surface area contributed by atoms with Crippen molar-refractivity contribution in [3.63, 3.8) is 0 Å². The molecule has 6 heteroatoms. The van der Waals surface area contributed by atoms with E-state index in [9.17, 15) is 4.79 Å². The van der Waals surface area contributed by atoms with Crippen LogP contribution in [0.15, 0.2) is 53.1 Å². The fraction of sp³-hybridized carbons (Fsp3) is 0.118. The van der Waals surface area contributed by atoms with Crippen LogP contribution in [0.25, 0.3) is 11.4 Å². The molecule has 0 spiro atoms. The average Bonchev–Trinajstić information content (AvgIpc) is 3.02. The molecule has 0 atom stereocenters. The van der Waals surface area contributed by atoms with Gasteiger partial charge in [0.1, 0.15) is 5.75 Å². The molecule has 0 radical (unpaired) electrons. The molecule has 0 saturated heterocycles. The Morgan fingerprint density at radius 3 is 2.70 bits per heavy atom. The third-order valence-corrected chi connectivity index (χ3v) is 3.41. The minimum absolute atomic E-state index is 0.0135. The van der Waals surface area contributed by atoms with Gasteiger partial charge in [-0.15, -0.1) is 0 Å². The molecule has 0 aliphatic heterocycles. The van der Waals surface area contributed by atoms with Crippen molar-refractivity contribution < 1.29 is 14.1 Å². The lowest BCUT2D eigenvalue weighted by Crippen LogP contribution is -1.97. The van der Waals surface area contributed by atoms with E-state index in [0.717, 1.165) is 5.56 Å². The van der Waals surface area contributed by atoms with E-state index in [1.807, 2.05) is 12.1 Å². The number of carbonyl (C=O) groups excluding carboxylic acids is 1. The van der Waals surface area contributed by atoms with Crippen LogP contribution < -0.4 is 4.74 Å². The first-order valence-electron chi connectivity index (χ1n) is 6.94. The van der Waals surface area contributed by atoms with E-state index >= 15 is 0 Å². The molecule has 116 valence electrons. The van der Waals surface area contributed by atoms with E-state index in [1.165, 1.54) is 6.92 Å². The van der Waals surface area contributed by atoms with Crippen LogP contribution in [0.1, 0.15) is 23.2 Å². The second kappa shape index (κ2) is 6.62. The zero-order valence-corrected chi connectivity index (χ0v) is 13.1. The van der Waals surface area contributed by atoms with Gasteiger partial charge in [-0.25, -0.2) is 0 Å². The molecule has 0 aliphatic rings. The summed E-state index contributed by atoms with van der Waals surface area (Å²) in [6.45, 7) is 1.67. The molecule has 3 aromatic rings. The largest absolute Gasteiger partial charge is 0.484 e. The van der Waals surface area contributed by atoms with E-state index in [0.29, 0.717) is 28.1 Å². The fourth-order valence-electron chi connectivity index (χ4n) is 1.99. The van der Waals surface area contributed by atoms with Crippen molar-refractivity contribution in [1.82, 2.24) is 10.1 Å². The number of rotatable bonds is 5. The quantitative estimate of drug-likeness (QED) is 0.657. The number of halogens is 1. The number of ether oxygens (including phenoxy) is 1. The van der Waals surface area contributed by atoms with Crippen LogP contribution in [0.4, 0.5) is 0 Å². The second-order valence-electron chi connectivity index (χ2n) is 4.89. The molecule has 0 amide bonds. The zero-order chi connectivity index (χ0) is 16.2. The Morgan fingerprint density at radius 1 is 1.22 bits per heavy atom. The molecule has 0 aliphatic carbocycles. The summed E-state index contributed by atoms with van der Waals surface area (Å²) in [7, 11) is 0. The lowest BCUT2D eigenvalue weighted by atomic mass is 10.1. The Morgan fingerprint density at radius 2 is 2.00 bits per heavy atom. The summed E-state index contributed by atoms with van der Waals surface area (Å²) >= 11 is 5.94. The van der Waals surface area contributed by atoms with Gasteiger partial charge >= 0.3 is 0 Å². The molecule has 0 N–H and O–H groups in total. The maximum atomic E-state index is 11.2. The van der Waals surface area contributed by atoms with Crippen molar-refractivity contribution in [2.75, 3.05) is 0 Å². The van der Waals surface area contributed by atoms with Crippen LogP contribution in [0.2, 0.25) is 5.02 Å². The van der Waals surface area contributed by atoms with Gasteiger partial charge in [0.25, 0.3) is 5.89 Å². The molecule has 5 nitrogen and oxygen atoms in total. The second-order valence-corrected chi connectivity index (χ2v) is 5.33. The van der Waals surface area contributed by atoms with Gasteiger partial charge < -0.3 is 9.26 Å². The molecular weight excluding hydrogens is 316 g/mol. The normalized spacial score (nSPS) is 10.5. The Bertz CT molecular complexity index is 828. The first kappa shape index (κ1) is 15.2. The fourth-order valence-corrected chi connectivity index (χ4v) is 2.18. The van der Waals surface area contributed by atoms with Crippen LogP contribution in [0, 0.1) is 0 Å². The maximum absolute atomic E-state index is 11.2. The lowest BCUT2D eigenvalue weighted by molar-refractivity contribution is 0.101. The van der Waals surface area contributed by atoms with E-state index in [4.69, 9.17) is 20.9 Å². The third kappa shape index (κ3) is 3.76. The molecule has 3 rings (SSSR count). The van der Waals surface area contributed by atoms with Crippen molar-refractivity contribution >= 4 is 17.4 Å². The van der Waals surface area contributed by atoms with E-state index < -0.39 is 0 Å². The number of hydrogen-bond acceptors (Lipinski definition) is 5. The number of hydrogen-bond donors (Lipinski definition) is 0. The Balaban J connectivity index is 1.66. The first-order valence-corrected chi connectivity index (χ1v) is 7.32. The molecule has 0 unspecified atom stereocenters. The van der Waals surface area contributed by atoms with Crippen LogP contribution in [-0.2, 0) is 6.61 Å². The SMILES string of the molecule is CC(=O)c1ccc(OCc2nc(-c3cccc(Cl)c3)no2)cc1. The highest BCUT2D eigenvalue weighted by Crippen LogP contribution is 2.20. The highest BCUT2D eigenvalue weighted by Gasteiger charge is 2.09. The van der Waals surface area contributed by atoms with Gasteiger partial charge in [-0.05, 0) is 43.3 Å². The predicted molar refractivity (Wildman–Crippen MR) is 85.5 cm³/mol. The monoisotopic (exact) mass is 328 g/mol. The first-order chi connectivity index (χ1) is 11.1. The molecule has 23 heavy (non-hydrogen) atoms. The number of Topliss-reactive ketones (excluding diaryl/α,β-unsaturated/α-hetero) is 1. The third-order valence-electron chi connectivity index (χ3n) is 3.17. The molecule has 0 fully saturated rings. The van der Waals surface area contributed by atoms with Crippen molar-refractivity contribution in [1.29, 1.82) is 0 Å². The molecule has 1 heterocycles. The number of carbonyl (C=O) groups is 1. The molecular formula is C17H13ClN2O3. The number of nitrogens with zero attached hydrogens (tertiary/aromatic N) is 2. The van der Waals surface area contributed by atoms with Gasteiger partial charge in [-0.1, -0.05) is 28.9 Å². The summed E-state index contributed by atoms with van der Waals surface area (Å²) in [4.78, 5) is 15.5. The van der Waals surface area contributed by atoms with Crippen molar-refractivity contribution in [2.24, 2.45) is 0 Å². The summed E-state index contributed by atoms with van der Waals surface area (Å²) in [5.74, 6) is 1.45. The summed E-state index contributed by atoms with van der Waals surface area (Å²) < 4.78 is 10.7. The van der Waals surface area contributed by atoms with Crippen LogP contribution in [0.5, 0.6) is 5.75 Å². The highest BCUT2D eigenvalue weighted by molar-refractivity contribution is 6.30. The van der Waals surface area contributed by atoms with Crippen molar-refractivity contribution in [2.45, 2.75) is 13.5 Å². The van der Waals surface area contributed by atoms with Gasteiger partial charge in [0, 0.05) is 16.1 Å². The van der Waals surface area contributed by atoms with Crippen LogP contribution in [-0.4, -0.2) is 15.9 Å². The van der Waals surface area contributed by atoms with E-state index in [1.54, 1.807) is 36.4 Å². The minimum atomic E-state index is 0.0135. The van der Waals surface area contributed by atoms with Gasteiger partial charge in [0.2, 0.25) is 5.82 Å². The average molecular weight is 329 g/mol. The minimum Gasteiger partial charge on any atom is -0.484 e. The smallest absolute Gasteiger partial charge is 0.264 e. The predicted octanol–water partition coefficient (Wildman–Crippen LogP) is 4.17. The van der Waals surface area contributed by atoms with Gasteiger partial charge in [-0.3, -0.25) is 4.79 Å². The molecule has 2 aromatic carbocycles. The zero-order valence-electron chi connectivity index (χ0n) is 12.3. The summed E-state index contributed by atoms with van der Waals surface area (Å²) in [5, 5.41) is 4.51. The molecule has 0 bridgehead atoms. The topological polar surface area (TPSA) is 65.2 Å². The number of ketones is 1. The maximum Gasteiger partial charge on any atom is 0.264 e. The van der Waals surface area contributed by atoms with E-state index in [-0.39, 0.29) is 12.4 Å². The number of benzene rings is 2. The molecule has 0 saturated carbocycles. The van der Waals surface area contributed by atoms with Gasteiger partial charge in [0.15, 0.2) is 12.4 Å². The summed E-state index contributed by atoms with van der Waals surface area (Å²) in [6, 6.07) is 14.1. The number of aromatic nitrogens is 2. The Kier molecular flexibility index (Phi) is 4.39. The van der Waals surface area contributed by atoms with Crippen LogP contribution in [0.3, 0.4) is 0 Å². The lowest BCUT2D eigenvalue weighted by Gasteiger charge is -2.03. The standard InChI is InChI=1S/C17H13ClN2O3/c1-11(21)12-5-7-15(8-6-12)22-10-16-19-17(20-23-16)13-3-2-4-14(18)9-13/h2-9H,10H2,1H3. The molecule has 1 aromatic heterocycles. The highest BCUT2D eigenvalue weighted by atomic mass is 35.5. The Labute approximate surface area is 137 Å². The van der Waals surface area contributed by atoms with E-state index in [2.05, 4.69) is 10.1 Å². The van der Waals surface area contributed by atoms with Gasteiger partial charge in [-0.2, -0.15) is 4.98 Å². The summed E-state index contributed by atoms with van der Waals surface area (Å²) in [6.07, 6.45) is 0.